The Morgan fingerprint density at radius 2 is 2.08 bits per heavy atom. The van der Waals surface area contributed by atoms with Crippen molar-refractivity contribution >= 4 is 35.2 Å². The van der Waals surface area contributed by atoms with Crippen molar-refractivity contribution in [2.75, 3.05) is 6.61 Å². The molecule has 1 fully saturated rings. The Hall–Kier alpha value is -1.72. The number of hydrogen-bond acceptors (Lipinski definition) is 3. The predicted molar refractivity (Wildman–Crippen MR) is 91.9 cm³/mol. The quantitative estimate of drug-likeness (QED) is 0.815. The van der Waals surface area contributed by atoms with Gasteiger partial charge in [-0.3, -0.25) is 4.90 Å². The van der Waals surface area contributed by atoms with E-state index in [9.17, 15) is 9.59 Å². The van der Waals surface area contributed by atoms with Crippen LogP contribution in [0.4, 0.5) is 4.79 Å². The first kappa shape index (κ1) is 17.1. The van der Waals surface area contributed by atoms with Gasteiger partial charge in [-0.15, -0.1) is 0 Å². The van der Waals surface area contributed by atoms with E-state index < -0.39 is 12.0 Å². The van der Waals surface area contributed by atoms with Crippen molar-refractivity contribution in [3.63, 3.8) is 0 Å². The van der Waals surface area contributed by atoms with Crippen LogP contribution in [0.15, 0.2) is 29.5 Å². The Labute approximate surface area is 150 Å². The zero-order valence-corrected chi connectivity index (χ0v) is 14.9. The molecule has 0 bridgehead atoms. The largest absolute Gasteiger partial charge is 0.463 e. The van der Waals surface area contributed by atoms with E-state index in [1.165, 1.54) is 0 Å². The molecule has 1 aliphatic carbocycles. The Kier molecular flexibility index (Phi) is 4.74. The average molecular weight is 369 g/mol. The number of amides is 2. The summed E-state index contributed by atoms with van der Waals surface area (Å²) in [6.45, 7) is 3.78. The number of urea groups is 1. The fourth-order valence-corrected chi connectivity index (χ4v) is 3.49. The smallest absolute Gasteiger partial charge is 0.338 e. The number of nitrogens with one attached hydrogen (secondary N) is 1. The molecule has 1 aromatic rings. The topological polar surface area (TPSA) is 58.6 Å². The summed E-state index contributed by atoms with van der Waals surface area (Å²) in [5.74, 6) is -0.448. The molecule has 2 aliphatic rings. The number of nitrogens with zero attached hydrogens (tertiary/aromatic N) is 1. The predicted octanol–water partition coefficient (Wildman–Crippen LogP) is 4.06. The first-order valence-corrected chi connectivity index (χ1v) is 8.62. The summed E-state index contributed by atoms with van der Waals surface area (Å²) in [6, 6.07) is 4.26. The van der Waals surface area contributed by atoms with Crippen LogP contribution in [0.25, 0.3) is 0 Å². The van der Waals surface area contributed by atoms with Crippen LogP contribution in [0.3, 0.4) is 0 Å². The fraction of sp³-hybridized carbons (Fsp3) is 0.412. The van der Waals surface area contributed by atoms with E-state index in [1.807, 2.05) is 0 Å². The summed E-state index contributed by atoms with van der Waals surface area (Å²) in [6.07, 6.45) is 1.88. The molecule has 1 aliphatic heterocycles. The van der Waals surface area contributed by atoms with Gasteiger partial charge in [-0.1, -0.05) is 29.3 Å². The molecule has 1 atom stereocenters. The zero-order chi connectivity index (χ0) is 17.4. The van der Waals surface area contributed by atoms with Crippen molar-refractivity contribution in [1.82, 2.24) is 10.2 Å². The number of hydrogen-bond donors (Lipinski definition) is 1. The summed E-state index contributed by atoms with van der Waals surface area (Å²) in [5, 5.41) is 3.77. The number of benzene rings is 1. The van der Waals surface area contributed by atoms with Gasteiger partial charge in [0.25, 0.3) is 0 Å². The van der Waals surface area contributed by atoms with Gasteiger partial charge < -0.3 is 10.1 Å². The Bertz CT molecular complexity index is 729. The van der Waals surface area contributed by atoms with Crippen LogP contribution in [0.1, 0.15) is 38.3 Å². The van der Waals surface area contributed by atoms with Crippen molar-refractivity contribution < 1.29 is 14.3 Å². The molecule has 7 heteroatoms. The standard InChI is InChI=1S/C17H18Cl2N2O3/c1-3-24-16(22)14-9(2)21(11-5-6-11)17(23)20-15(14)12-7-4-10(18)8-13(12)19/h4,7-8,11,15H,3,5-6H2,1-2H3,(H,20,23). The average Bonchev–Trinajstić information content (AvgIpc) is 3.31. The third kappa shape index (κ3) is 3.10. The maximum Gasteiger partial charge on any atom is 0.338 e. The van der Waals surface area contributed by atoms with Crippen LogP contribution in [-0.4, -0.2) is 29.5 Å². The maximum atomic E-state index is 12.5. The Morgan fingerprint density at radius 1 is 1.38 bits per heavy atom. The summed E-state index contributed by atoms with van der Waals surface area (Å²) in [7, 11) is 0. The number of halogens is 2. The summed E-state index contributed by atoms with van der Waals surface area (Å²) in [5.41, 5.74) is 1.65. The van der Waals surface area contributed by atoms with Crippen LogP contribution < -0.4 is 5.32 Å². The minimum Gasteiger partial charge on any atom is -0.463 e. The number of carbonyl (C=O) groups is 2. The van der Waals surface area contributed by atoms with Crippen molar-refractivity contribution in [3.8, 4) is 0 Å². The Balaban J connectivity index is 2.09. The first-order chi connectivity index (χ1) is 11.4. The first-order valence-electron chi connectivity index (χ1n) is 7.86. The van der Waals surface area contributed by atoms with E-state index in [2.05, 4.69) is 5.32 Å². The molecule has 1 saturated carbocycles. The fourth-order valence-electron chi connectivity index (χ4n) is 2.97. The van der Waals surface area contributed by atoms with E-state index in [0.717, 1.165) is 12.8 Å². The van der Waals surface area contributed by atoms with Crippen molar-refractivity contribution in [2.45, 2.75) is 38.8 Å². The van der Waals surface area contributed by atoms with Crippen LogP contribution in [0.2, 0.25) is 10.0 Å². The molecule has 128 valence electrons. The summed E-state index contributed by atoms with van der Waals surface area (Å²) in [4.78, 5) is 26.7. The lowest BCUT2D eigenvalue weighted by molar-refractivity contribution is -0.139. The maximum absolute atomic E-state index is 12.5. The summed E-state index contributed by atoms with van der Waals surface area (Å²) < 4.78 is 5.21. The number of esters is 1. The molecular formula is C17H18Cl2N2O3. The molecule has 0 saturated heterocycles. The lowest BCUT2D eigenvalue weighted by Gasteiger charge is -2.35. The molecule has 2 amide bonds. The monoisotopic (exact) mass is 368 g/mol. The third-order valence-corrected chi connectivity index (χ3v) is 4.77. The zero-order valence-electron chi connectivity index (χ0n) is 13.4. The van der Waals surface area contributed by atoms with Gasteiger partial charge >= 0.3 is 12.0 Å². The number of rotatable bonds is 4. The normalized spacial score (nSPS) is 20.9. The van der Waals surface area contributed by atoms with Gasteiger partial charge in [-0.2, -0.15) is 0 Å². The molecule has 3 rings (SSSR count). The second kappa shape index (κ2) is 6.65. The van der Waals surface area contributed by atoms with E-state index in [1.54, 1.807) is 36.9 Å². The van der Waals surface area contributed by atoms with Crippen molar-refractivity contribution in [2.24, 2.45) is 0 Å². The van der Waals surface area contributed by atoms with Crippen molar-refractivity contribution in [3.05, 3.63) is 45.1 Å². The van der Waals surface area contributed by atoms with Gasteiger partial charge in [0.1, 0.15) is 0 Å². The van der Waals surface area contributed by atoms with E-state index in [4.69, 9.17) is 27.9 Å². The lowest BCUT2D eigenvalue weighted by Crippen LogP contribution is -2.49. The highest BCUT2D eigenvalue weighted by atomic mass is 35.5. The van der Waals surface area contributed by atoms with Crippen LogP contribution in [-0.2, 0) is 9.53 Å². The van der Waals surface area contributed by atoms with Gasteiger partial charge in [0, 0.05) is 21.8 Å². The highest BCUT2D eigenvalue weighted by Gasteiger charge is 2.42. The van der Waals surface area contributed by atoms with E-state index in [0.29, 0.717) is 26.9 Å². The second-order valence-electron chi connectivity index (χ2n) is 5.87. The molecule has 1 aromatic carbocycles. The van der Waals surface area contributed by atoms with E-state index in [-0.39, 0.29) is 18.7 Å². The van der Waals surface area contributed by atoms with Crippen LogP contribution in [0.5, 0.6) is 0 Å². The second-order valence-corrected chi connectivity index (χ2v) is 6.71. The molecule has 0 radical (unpaired) electrons. The number of ether oxygens (including phenoxy) is 1. The van der Waals surface area contributed by atoms with Gasteiger partial charge in [0.2, 0.25) is 0 Å². The molecule has 0 spiro atoms. The molecule has 1 N–H and O–H groups in total. The highest BCUT2D eigenvalue weighted by Crippen LogP contribution is 2.39. The van der Waals surface area contributed by atoms with E-state index >= 15 is 0 Å². The number of carbonyl (C=O) groups excluding carboxylic acids is 2. The lowest BCUT2D eigenvalue weighted by atomic mass is 9.94. The SMILES string of the molecule is CCOC(=O)C1=C(C)N(C2CC2)C(=O)NC1c1ccc(Cl)cc1Cl. The minimum atomic E-state index is -0.656. The molecule has 0 aromatic heterocycles. The molecule has 24 heavy (non-hydrogen) atoms. The van der Waals surface area contributed by atoms with Gasteiger partial charge in [-0.25, -0.2) is 9.59 Å². The summed E-state index contributed by atoms with van der Waals surface area (Å²) >= 11 is 12.2. The van der Waals surface area contributed by atoms with Gasteiger partial charge in [0.05, 0.1) is 18.2 Å². The molecule has 5 nitrogen and oxygen atoms in total. The third-order valence-electron chi connectivity index (χ3n) is 4.21. The van der Waals surface area contributed by atoms with Gasteiger partial charge in [-0.05, 0) is 44.4 Å². The minimum absolute atomic E-state index is 0.149. The molecule has 1 unspecified atom stereocenters. The number of allylic oxidation sites excluding steroid dienone is 1. The van der Waals surface area contributed by atoms with Gasteiger partial charge in [0.15, 0.2) is 0 Å². The molecular weight excluding hydrogens is 351 g/mol. The molecule has 1 heterocycles. The van der Waals surface area contributed by atoms with Crippen LogP contribution in [0, 0.1) is 0 Å². The van der Waals surface area contributed by atoms with Crippen molar-refractivity contribution in [1.29, 1.82) is 0 Å². The highest BCUT2D eigenvalue weighted by molar-refractivity contribution is 6.35. The van der Waals surface area contributed by atoms with Crippen LogP contribution >= 0.6 is 23.2 Å². The Morgan fingerprint density at radius 3 is 2.67 bits per heavy atom.